The van der Waals surface area contributed by atoms with E-state index in [1.807, 2.05) is 25.2 Å². The van der Waals surface area contributed by atoms with Crippen molar-refractivity contribution in [3.8, 4) is 0 Å². The molecule has 1 unspecified atom stereocenters. The third-order valence-electron chi connectivity index (χ3n) is 3.30. The lowest BCUT2D eigenvalue weighted by atomic mass is 9.98. The maximum Gasteiger partial charge on any atom is 0.128 e. The number of nitrogens with zero attached hydrogens (tertiary/aromatic N) is 2. The lowest BCUT2D eigenvalue weighted by molar-refractivity contribution is 0.217. The van der Waals surface area contributed by atoms with Gasteiger partial charge in [0, 0.05) is 20.1 Å². The van der Waals surface area contributed by atoms with Gasteiger partial charge < -0.3 is 15.5 Å². The van der Waals surface area contributed by atoms with Crippen LogP contribution < -0.4 is 10.6 Å². The van der Waals surface area contributed by atoms with Gasteiger partial charge in [0.15, 0.2) is 0 Å². The molecule has 4 nitrogen and oxygen atoms in total. The summed E-state index contributed by atoms with van der Waals surface area (Å²) < 4.78 is 0. The lowest BCUT2D eigenvalue weighted by Gasteiger charge is -2.29. The van der Waals surface area contributed by atoms with Crippen LogP contribution >= 0.6 is 0 Å². The zero-order valence-corrected chi connectivity index (χ0v) is 10.7. The second-order valence-electron chi connectivity index (χ2n) is 4.81. The monoisotopic (exact) mass is 234 g/mol. The molecule has 94 valence electrons. The van der Waals surface area contributed by atoms with E-state index in [1.54, 1.807) is 0 Å². The highest BCUT2D eigenvalue weighted by Gasteiger charge is 2.16. The quantitative estimate of drug-likeness (QED) is 0.834. The molecule has 0 bridgehead atoms. The highest BCUT2D eigenvalue weighted by atomic mass is 15.1. The molecule has 17 heavy (non-hydrogen) atoms. The Morgan fingerprint density at radius 2 is 2.24 bits per heavy atom. The Bertz CT molecular complexity index is 353. The molecule has 4 heteroatoms. The number of hydrogen-bond donors (Lipinski definition) is 2. The molecule has 1 aliphatic heterocycles. The Kier molecular flexibility index (Phi) is 4.20. The zero-order chi connectivity index (χ0) is 12.1. The maximum absolute atomic E-state index is 4.46. The van der Waals surface area contributed by atoms with E-state index in [0.29, 0.717) is 0 Å². The molecular formula is C13H22N4. The van der Waals surface area contributed by atoms with Crippen molar-refractivity contribution in [2.24, 2.45) is 5.92 Å². The van der Waals surface area contributed by atoms with Gasteiger partial charge in [0.2, 0.25) is 0 Å². The molecule has 1 saturated heterocycles. The smallest absolute Gasteiger partial charge is 0.128 e. The van der Waals surface area contributed by atoms with Crippen LogP contribution in [0.15, 0.2) is 18.2 Å². The van der Waals surface area contributed by atoms with Gasteiger partial charge in [-0.3, -0.25) is 0 Å². The van der Waals surface area contributed by atoms with Gasteiger partial charge in [-0.25, -0.2) is 4.98 Å². The second kappa shape index (κ2) is 5.87. The van der Waals surface area contributed by atoms with Crippen molar-refractivity contribution in [2.45, 2.75) is 12.8 Å². The molecule has 0 amide bonds. The first-order chi connectivity index (χ1) is 8.28. The van der Waals surface area contributed by atoms with Crippen molar-refractivity contribution < 1.29 is 0 Å². The Morgan fingerprint density at radius 1 is 1.41 bits per heavy atom. The summed E-state index contributed by atoms with van der Waals surface area (Å²) in [6.45, 7) is 3.45. The third-order valence-corrected chi connectivity index (χ3v) is 3.30. The summed E-state index contributed by atoms with van der Waals surface area (Å²) in [5, 5.41) is 6.48. The van der Waals surface area contributed by atoms with E-state index in [1.165, 1.54) is 25.9 Å². The van der Waals surface area contributed by atoms with Crippen LogP contribution in [-0.2, 0) is 0 Å². The number of piperidine rings is 1. The number of rotatable bonds is 4. The van der Waals surface area contributed by atoms with Gasteiger partial charge >= 0.3 is 0 Å². The third kappa shape index (κ3) is 3.60. The van der Waals surface area contributed by atoms with Gasteiger partial charge in [-0.2, -0.15) is 0 Å². The van der Waals surface area contributed by atoms with Crippen LogP contribution in [0.4, 0.5) is 11.6 Å². The van der Waals surface area contributed by atoms with Gasteiger partial charge in [-0.05, 0) is 44.5 Å². The summed E-state index contributed by atoms with van der Waals surface area (Å²) in [4.78, 5) is 6.87. The van der Waals surface area contributed by atoms with Crippen molar-refractivity contribution in [2.75, 3.05) is 44.4 Å². The maximum atomic E-state index is 4.46. The van der Waals surface area contributed by atoms with Crippen LogP contribution in [0.25, 0.3) is 0 Å². The SMILES string of the molecule is CNc1cccc(NCC2CCCN(C)C2)n1. The summed E-state index contributed by atoms with van der Waals surface area (Å²) in [6, 6.07) is 6.01. The van der Waals surface area contributed by atoms with Crippen molar-refractivity contribution in [1.29, 1.82) is 0 Å². The first-order valence-electron chi connectivity index (χ1n) is 6.35. The van der Waals surface area contributed by atoms with E-state index in [0.717, 1.165) is 24.1 Å². The number of likely N-dealkylation sites (tertiary alicyclic amines) is 1. The normalized spacial score (nSPS) is 21.2. The molecule has 1 aromatic rings. The largest absolute Gasteiger partial charge is 0.373 e. The van der Waals surface area contributed by atoms with Crippen molar-refractivity contribution in [1.82, 2.24) is 9.88 Å². The minimum Gasteiger partial charge on any atom is -0.373 e. The van der Waals surface area contributed by atoms with E-state index >= 15 is 0 Å². The first-order valence-corrected chi connectivity index (χ1v) is 6.35. The molecule has 0 spiro atoms. The molecular weight excluding hydrogens is 212 g/mol. The zero-order valence-electron chi connectivity index (χ0n) is 10.7. The summed E-state index contributed by atoms with van der Waals surface area (Å²) >= 11 is 0. The minimum absolute atomic E-state index is 0.744. The van der Waals surface area contributed by atoms with E-state index in [-0.39, 0.29) is 0 Å². The highest BCUT2D eigenvalue weighted by molar-refractivity contribution is 5.44. The van der Waals surface area contributed by atoms with Crippen molar-refractivity contribution >= 4 is 11.6 Å². The fraction of sp³-hybridized carbons (Fsp3) is 0.615. The average Bonchev–Trinajstić information content (AvgIpc) is 2.37. The van der Waals surface area contributed by atoms with E-state index < -0.39 is 0 Å². The van der Waals surface area contributed by atoms with Crippen molar-refractivity contribution in [3.63, 3.8) is 0 Å². The molecule has 1 atom stereocenters. The number of pyridine rings is 1. The molecule has 2 N–H and O–H groups in total. The van der Waals surface area contributed by atoms with Crippen LogP contribution in [0.5, 0.6) is 0 Å². The van der Waals surface area contributed by atoms with Crippen LogP contribution in [0.3, 0.4) is 0 Å². The molecule has 1 fully saturated rings. The van der Waals surface area contributed by atoms with E-state index in [4.69, 9.17) is 0 Å². The summed E-state index contributed by atoms with van der Waals surface area (Å²) in [7, 11) is 4.09. The highest BCUT2D eigenvalue weighted by Crippen LogP contribution is 2.16. The van der Waals surface area contributed by atoms with Gasteiger partial charge in [0.1, 0.15) is 11.6 Å². The number of aromatic nitrogens is 1. The van der Waals surface area contributed by atoms with Gasteiger partial charge in [-0.1, -0.05) is 6.07 Å². The number of hydrogen-bond acceptors (Lipinski definition) is 4. The Balaban J connectivity index is 1.84. The fourth-order valence-corrected chi connectivity index (χ4v) is 2.36. The number of anilines is 2. The summed E-state index contributed by atoms with van der Waals surface area (Å²) in [5.74, 6) is 2.62. The second-order valence-corrected chi connectivity index (χ2v) is 4.81. The predicted molar refractivity (Wildman–Crippen MR) is 72.5 cm³/mol. The number of nitrogens with one attached hydrogen (secondary N) is 2. The van der Waals surface area contributed by atoms with Crippen LogP contribution in [0.1, 0.15) is 12.8 Å². The Hall–Kier alpha value is -1.29. The van der Waals surface area contributed by atoms with Gasteiger partial charge in [0.05, 0.1) is 0 Å². The van der Waals surface area contributed by atoms with Crippen LogP contribution in [-0.4, -0.2) is 43.6 Å². The summed E-state index contributed by atoms with van der Waals surface area (Å²) in [5.41, 5.74) is 0. The first kappa shape index (κ1) is 12.2. The molecule has 0 radical (unpaired) electrons. The Labute approximate surface area is 103 Å². The predicted octanol–water partition coefficient (Wildman–Crippen LogP) is 1.88. The Morgan fingerprint density at radius 3 is 3.00 bits per heavy atom. The minimum atomic E-state index is 0.744. The van der Waals surface area contributed by atoms with Crippen molar-refractivity contribution in [3.05, 3.63) is 18.2 Å². The van der Waals surface area contributed by atoms with Crippen LogP contribution in [0, 0.1) is 5.92 Å². The molecule has 2 heterocycles. The van der Waals surface area contributed by atoms with Crippen LogP contribution in [0.2, 0.25) is 0 Å². The van der Waals surface area contributed by atoms with Gasteiger partial charge in [-0.15, -0.1) is 0 Å². The molecule has 1 aromatic heterocycles. The molecule has 1 aliphatic rings. The molecule has 2 rings (SSSR count). The standard InChI is InChI=1S/C13H22N4/c1-14-12-6-3-7-13(16-12)15-9-11-5-4-8-17(2)10-11/h3,6-7,11H,4-5,8-10H2,1-2H3,(H2,14,15,16). The molecule has 0 aromatic carbocycles. The van der Waals surface area contributed by atoms with E-state index in [9.17, 15) is 0 Å². The lowest BCUT2D eigenvalue weighted by Crippen LogP contribution is -2.35. The van der Waals surface area contributed by atoms with E-state index in [2.05, 4.69) is 27.6 Å². The molecule has 0 saturated carbocycles. The topological polar surface area (TPSA) is 40.2 Å². The summed E-state index contributed by atoms with van der Waals surface area (Å²) in [6.07, 6.45) is 2.63. The van der Waals surface area contributed by atoms with Gasteiger partial charge in [0.25, 0.3) is 0 Å². The molecule has 0 aliphatic carbocycles. The fourth-order valence-electron chi connectivity index (χ4n) is 2.36. The average molecular weight is 234 g/mol.